The van der Waals surface area contributed by atoms with Crippen LogP contribution in [0.2, 0.25) is 10.0 Å². The zero-order chi connectivity index (χ0) is 45.3. The van der Waals surface area contributed by atoms with Crippen LogP contribution in [0.15, 0.2) is 66.9 Å². The first-order chi connectivity index (χ1) is 30.0. The lowest BCUT2D eigenvalue weighted by Crippen LogP contribution is -2.60. The van der Waals surface area contributed by atoms with Crippen molar-refractivity contribution in [2.75, 3.05) is 68.7 Å². The maximum Gasteiger partial charge on any atom is 0.304 e. The van der Waals surface area contributed by atoms with Gasteiger partial charge in [-0.2, -0.15) is 0 Å². The number of nitrogens with two attached hydrogens (primary N) is 1. The van der Waals surface area contributed by atoms with Crippen molar-refractivity contribution in [2.24, 2.45) is 10.8 Å². The van der Waals surface area contributed by atoms with E-state index >= 15 is 0 Å². The number of rotatable bonds is 17. The van der Waals surface area contributed by atoms with E-state index in [2.05, 4.69) is 35.0 Å². The van der Waals surface area contributed by atoms with Crippen LogP contribution in [0.5, 0.6) is 0 Å². The molecule has 0 unspecified atom stereocenters. The van der Waals surface area contributed by atoms with Gasteiger partial charge in [0.05, 0.1) is 60.8 Å². The number of carboxylic acid groups (broad SMARTS) is 1. The molecule has 3 aromatic rings. The molecule has 3 fully saturated rings. The summed E-state index contributed by atoms with van der Waals surface area (Å²) >= 11 is 14.0. The van der Waals surface area contributed by atoms with E-state index in [1.54, 1.807) is 19.2 Å². The molecule has 2 aromatic carbocycles. The van der Waals surface area contributed by atoms with Crippen LogP contribution in [0.3, 0.4) is 0 Å². The molecule has 3 aliphatic heterocycles. The lowest BCUT2D eigenvalue weighted by atomic mass is 9.66. The SMILES string of the molecule is CC(C)(C)[C@@H](C[SH+]N1CCN(C(=O)CCCCCCCC(=O)N2CCN(c3ccc(N)nc3)CC2)CC1)N1C(=O)[C@@](C)(CC(=O)O)C[C@H](c2cccc(Cl)c2)[C@H]1c1ccc(Cl)cc1. The van der Waals surface area contributed by atoms with Gasteiger partial charge in [-0.3, -0.25) is 19.2 Å². The highest BCUT2D eigenvalue weighted by Gasteiger charge is 2.55. The van der Waals surface area contributed by atoms with Crippen LogP contribution in [0.4, 0.5) is 11.5 Å². The summed E-state index contributed by atoms with van der Waals surface area (Å²) in [5.74, 6) is 0.198. The quantitative estimate of drug-likeness (QED) is 0.0786. The fraction of sp³-hybridized carbons (Fsp3) is 0.562. The second-order valence-electron chi connectivity index (χ2n) is 18.8. The maximum absolute atomic E-state index is 15.0. The summed E-state index contributed by atoms with van der Waals surface area (Å²) in [5.41, 5.74) is 7.17. The number of carbonyl (C=O) groups is 4. The minimum atomic E-state index is -1.14. The molecular formula is C48H66Cl2N7O5S+. The van der Waals surface area contributed by atoms with Crippen LogP contribution in [-0.2, 0) is 31.1 Å². The number of anilines is 2. The number of hydrogen-bond donors (Lipinski definition) is 2. The summed E-state index contributed by atoms with van der Waals surface area (Å²) in [6.07, 6.45) is 7.63. The summed E-state index contributed by atoms with van der Waals surface area (Å²) < 4.78 is 2.36. The molecule has 0 spiro atoms. The van der Waals surface area contributed by atoms with Gasteiger partial charge in [0.2, 0.25) is 17.7 Å². The highest BCUT2D eigenvalue weighted by atomic mass is 35.5. The van der Waals surface area contributed by atoms with Gasteiger partial charge in [-0.25, -0.2) is 4.98 Å². The van der Waals surface area contributed by atoms with Gasteiger partial charge in [0.25, 0.3) is 0 Å². The number of carbonyl (C=O) groups excluding carboxylic acids is 3. The number of amides is 3. The second-order valence-corrected chi connectivity index (χ2v) is 20.9. The van der Waals surface area contributed by atoms with E-state index in [9.17, 15) is 24.3 Å². The number of nitrogen functional groups attached to an aromatic ring is 1. The molecule has 3 amide bonds. The van der Waals surface area contributed by atoms with Crippen LogP contribution >= 0.6 is 23.2 Å². The molecule has 0 aliphatic carbocycles. The average molecular weight is 924 g/mol. The summed E-state index contributed by atoms with van der Waals surface area (Å²) in [4.78, 5) is 65.8. The Morgan fingerprint density at radius 1 is 0.825 bits per heavy atom. The first-order valence-electron chi connectivity index (χ1n) is 22.5. The highest BCUT2D eigenvalue weighted by Crippen LogP contribution is 2.53. The molecule has 6 rings (SSSR count). The van der Waals surface area contributed by atoms with E-state index in [1.165, 1.54) is 0 Å². The Morgan fingerprint density at radius 2 is 1.43 bits per heavy atom. The largest absolute Gasteiger partial charge is 0.481 e. The first-order valence-corrected chi connectivity index (χ1v) is 24.3. The number of pyridine rings is 1. The van der Waals surface area contributed by atoms with E-state index < -0.39 is 11.4 Å². The Bertz CT molecular complexity index is 2020. The van der Waals surface area contributed by atoms with Crippen molar-refractivity contribution < 1.29 is 24.3 Å². The second kappa shape index (κ2) is 21.8. The molecule has 0 bridgehead atoms. The minimum Gasteiger partial charge on any atom is -0.481 e. The molecule has 342 valence electrons. The topological polar surface area (TPSA) is 144 Å². The van der Waals surface area contributed by atoms with Crippen molar-refractivity contribution in [2.45, 2.75) is 103 Å². The summed E-state index contributed by atoms with van der Waals surface area (Å²) in [7, 11) is 0. The van der Waals surface area contributed by atoms with Crippen molar-refractivity contribution in [3.05, 3.63) is 88.0 Å². The van der Waals surface area contributed by atoms with Gasteiger partial charge >= 0.3 is 5.97 Å². The Balaban J connectivity index is 0.984. The van der Waals surface area contributed by atoms with Gasteiger partial charge in [-0.1, -0.05) is 94.4 Å². The highest BCUT2D eigenvalue weighted by molar-refractivity contribution is 7.76. The fourth-order valence-electron chi connectivity index (χ4n) is 9.48. The molecule has 15 heteroatoms. The number of carboxylic acids is 1. The minimum absolute atomic E-state index is 0.152. The van der Waals surface area contributed by atoms with Gasteiger partial charge in [0.15, 0.2) is 0 Å². The lowest BCUT2D eigenvalue weighted by molar-refractivity contribution is -0.162. The third kappa shape index (κ3) is 12.8. The number of aliphatic carboxylic acids is 1. The molecule has 1 aromatic heterocycles. The molecule has 3 N–H and O–H groups in total. The molecule has 63 heavy (non-hydrogen) atoms. The van der Waals surface area contributed by atoms with Crippen molar-refractivity contribution in [1.29, 1.82) is 0 Å². The first kappa shape index (κ1) is 48.4. The number of thiol groups is 1. The van der Waals surface area contributed by atoms with E-state index in [1.807, 2.05) is 69.3 Å². The van der Waals surface area contributed by atoms with Crippen LogP contribution in [0.1, 0.15) is 109 Å². The predicted molar refractivity (Wildman–Crippen MR) is 255 cm³/mol. The number of halogens is 2. The number of aromatic nitrogens is 1. The standard InChI is InChI=1S/C48H65Cl2N7O5S/c1-47(2,3)40(57-45(34-15-17-36(49)18-16-34)39(35-11-10-12-37(50)29-35)30-48(4,46(57)62)31-44(60)61)33-63-56-27-25-55(26-28-56)43(59)14-9-7-5-6-8-13-42(58)54-23-21-53(22-24-54)38-19-20-41(51)52-32-38/h10-12,15-20,29,32,39-40,45H,5-9,13-14,21-28,30-31,33H2,1-4H3,(H2,51,52)(H,60,61)/p+1/t39-,40-,45-,48-/m1/s1. The molecule has 3 aliphatic rings. The van der Waals surface area contributed by atoms with Crippen molar-refractivity contribution in [3.63, 3.8) is 0 Å². The average Bonchev–Trinajstić information content (AvgIpc) is 3.25. The Labute approximate surface area is 388 Å². The molecule has 4 heterocycles. The Morgan fingerprint density at radius 3 is 1.98 bits per heavy atom. The van der Waals surface area contributed by atoms with Crippen molar-refractivity contribution >= 4 is 70.3 Å². The number of piperidine rings is 1. The van der Waals surface area contributed by atoms with Crippen LogP contribution in [-0.4, -0.2) is 117 Å². The van der Waals surface area contributed by atoms with E-state index in [0.29, 0.717) is 67.1 Å². The fourth-order valence-corrected chi connectivity index (χ4v) is 11.4. The smallest absolute Gasteiger partial charge is 0.304 e. The van der Waals surface area contributed by atoms with E-state index in [4.69, 9.17) is 28.9 Å². The molecule has 4 atom stereocenters. The zero-order valence-corrected chi connectivity index (χ0v) is 39.8. The predicted octanol–water partition coefficient (Wildman–Crippen LogP) is 7.88. The molecule has 0 saturated carbocycles. The normalized spacial score (nSPS) is 21.7. The Kier molecular flexibility index (Phi) is 16.7. The summed E-state index contributed by atoms with van der Waals surface area (Å²) in [6.45, 7) is 14.0. The van der Waals surface area contributed by atoms with Crippen molar-refractivity contribution in [1.82, 2.24) is 24.0 Å². The lowest BCUT2D eigenvalue weighted by Gasteiger charge is -2.53. The number of hydrogen-bond acceptors (Lipinski definition) is 8. The van der Waals surface area contributed by atoms with Crippen LogP contribution < -0.4 is 10.6 Å². The maximum atomic E-state index is 15.0. The van der Waals surface area contributed by atoms with Gasteiger partial charge < -0.3 is 30.4 Å². The zero-order valence-electron chi connectivity index (χ0n) is 37.4. The van der Waals surface area contributed by atoms with Gasteiger partial charge in [0, 0.05) is 68.1 Å². The van der Waals surface area contributed by atoms with Crippen LogP contribution in [0.25, 0.3) is 0 Å². The third-order valence-corrected chi connectivity index (χ3v) is 14.9. The van der Waals surface area contributed by atoms with Crippen LogP contribution in [0, 0.1) is 10.8 Å². The Hall–Kier alpha value is -4.04. The summed E-state index contributed by atoms with van der Waals surface area (Å²) in [6, 6.07) is 18.5. The number of unbranched alkanes of at least 4 members (excludes halogenated alkanes) is 4. The molecule has 3 saturated heterocycles. The number of likely N-dealkylation sites (tertiary alicyclic amines) is 1. The molecule has 0 radical (unpaired) electrons. The third-order valence-electron chi connectivity index (χ3n) is 13.1. The van der Waals surface area contributed by atoms with Gasteiger partial charge in [-0.05, 0) is 72.2 Å². The number of benzene rings is 2. The number of nitrogens with zero attached hydrogens (tertiary/aromatic N) is 6. The van der Waals surface area contributed by atoms with Crippen molar-refractivity contribution in [3.8, 4) is 0 Å². The van der Waals surface area contributed by atoms with Gasteiger partial charge in [0.1, 0.15) is 11.6 Å². The van der Waals surface area contributed by atoms with Gasteiger partial charge in [-0.15, -0.1) is 4.31 Å². The molecule has 12 nitrogen and oxygen atoms in total. The van der Waals surface area contributed by atoms with E-state index in [-0.39, 0.29) is 47.6 Å². The van der Waals surface area contributed by atoms with E-state index in [0.717, 1.165) is 87.0 Å². The monoisotopic (exact) mass is 922 g/mol. The number of piperazine rings is 2. The molecular weight excluding hydrogens is 858 g/mol. The summed E-state index contributed by atoms with van der Waals surface area (Å²) in [5, 5.41) is 11.3.